The van der Waals surface area contributed by atoms with Crippen LogP contribution in [0.2, 0.25) is 0 Å². The molecular formula is C12H9BrF3NO3. The van der Waals surface area contributed by atoms with Crippen LogP contribution in [-0.4, -0.2) is 18.9 Å². The first kappa shape index (κ1) is 16.3. The molecule has 0 bridgehead atoms. The van der Waals surface area contributed by atoms with Crippen molar-refractivity contribution in [2.45, 2.75) is 19.7 Å². The summed E-state index contributed by atoms with van der Waals surface area (Å²) in [6.07, 6.45) is -5.14. The maximum Gasteiger partial charge on any atom is 0.573 e. The van der Waals surface area contributed by atoms with Crippen molar-refractivity contribution in [3.05, 3.63) is 27.7 Å². The topological polar surface area (TPSA) is 59.3 Å². The number of alkyl halides is 3. The number of nitrogens with zero attached hydrogens (tertiary/aromatic N) is 1. The average molecular weight is 352 g/mol. The monoisotopic (exact) mass is 351 g/mol. The van der Waals surface area contributed by atoms with Gasteiger partial charge < -0.3 is 9.47 Å². The van der Waals surface area contributed by atoms with Crippen LogP contribution in [0.3, 0.4) is 0 Å². The zero-order chi connectivity index (χ0) is 15.3. The van der Waals surface area contributed by atoms with Crippen LogP contribution in [0.1, 0.15) is 18.1 Å². The first-order valence-corrected chi connectivity index (χ1v) is 6.20. The highest BCUT2D eigenvalue weighted by molar-refractivity contribution is 9.10. The van der Waals surface area contributed by atoms with Gasteiger partial charge in [0.1, 0.15) is 17.4 Å². The van der Waals surface area contributed by atoms with Crippen molar-refractivity contribution in [2.75, 3.05) is 6.61 Å². The van der Waals surface area contributed by atoms with Crippen LogP contribution in [-0.2, 0) is 16.0 Å². The zero-order valence-corrected chi connectivity index (χ0v) is 11.8. The number of nitriles is 1. The van der Waals surface area contributed by atoms with Gasteiger partial charge in [-0.25, -0.2) is 0 Å². The molecular weight excluding hydrogens is 343 g/mol. The van der Waals surface area contributed by atoms with Gasteiger partial charge >= 0.3 is 12.3 Å². The minimum Gasteiger partial charge on any atom is -0.466 e. The lowest BCUT2D eigenvalue weighted by molar-refractivity contribution is -0.274. The lowest BCUT2D eigenvalue weighted by Gasteiger charge is -2.13. The second-order valence-electron chi connectivity index (χ2n) is 3.59. The van der Waals surface area contributed by atoms with Gasteiger partial charge in [0, 0.05) is 4.47 Å². The molecule has 1 aromatic rings. The molecule has 0 aliphatic carbocycles. The maximum absolute atomic E-state index is 12.3. The van der Waals surface area contributed by atoms with E-state index in [1.807, 2.05) is 0 Å². The molecule has 0 N–H and O–H groups in total. The van der Waals surface area contributed by atoms with Crippen molar-refractivity contribution in [3.63, 3.8) is 0 Å². The first-order valence-electron chi connectivity index (χ1n) is 5.40. The Labute approximate surface area is 121 Å². The van der Waals surface area contributed by atoms with Crippen LogP contribution in [0, 0.1) is 11.3 Å². The Morgan fingerprint density at radius 2 is 2.10 bits per heavy atom. The van der Waals surface area contributed by atoms with Crippen molar-refractivity contribution in [1.82, 2.24) is 0 Å². The molecule has 0 heterocycles. The Morgan fingerprint density at radius 3 is 2.60 bits per heavy atom. The van der Waals surface area contributed by atoms with Gasteiger partial charge in [0.05, 0.1) is 13.0 Å². The van der Waals surface area contributed by atoms with Gasteiger partial charge in [0.2, 0.25) is 0 Å². The van der Waals surface area contributed by atoms with Crippen LogP contribution in [0.15, 0.2) is 16.6 Å². The first-order chi connectivity index (χ1) is 9.26. The van der Waals surface area contributed by atoms with Crippen molar-refractivity contribution in [1.29, 1.82) is 5.26 Å². The molecule has 1 rings (SSSR count). The van der Waals surface area contributed by atoms with Gasteiger partial charge in [0.25, 0.3) is 0 Å². The van der Waals surface area contributed by atoms with Gasteiger partial charge in [-0.1, -0.05) is 0 Å². The van der Waals surface area contributed by atoms with E-state index in [9.17, 15) is 18.0 Å². The minimum absolute atomic E-state index is 0.112. The van der Waals surface area contributed by atoms with Crippen molar-refractivity contribution in [2.24, 2.45) is 0 Å². The number of carbonyl (C=O) groups is 1. The summed E-state index contributed by atoms with van der Waals surface area (Å²) in [4.78, 5) is 11.3. The van der Waals surface area contributed by atoms with Gasteiger partial charge in [0.15, 0.2) is 0 Å². The highest BCUT2D eigenvalue weighted by atomic mass is 79.9. The Kier molecular flexibility index (Phi) is 5.39. The number of rotatable bonds is 4. The summed E-state index contributed by atoms with van der Waals surface area (Å²) >= 11 is 2.97. The molecule has 108 valence electrons. The number of hydrogen-bond acceptors (Lipinski definition) is 4. The summed E-state index contributed by atoms with van der Waals surface area (Å²) in [6.45, 7) is 1.78. The SMILES string of the molecule is CCOC(=O)Cc1cc(Br)c(C#N)c(OC(F)(F)F)c1. The Balaban J connectivity index is 3.12. The highest BCUT2D eigenvalue weighted by Gasteiger charge is 2.33. The molecule has 0 aromatic heterocycles. The fourth-order valence-corrected chi connectivity index (χ4v) is 2.01. The van der Waals surface area contributed by atoms with Crippen LogP contribution in [0.5, 0.6) is 5.75 Å². The summed E-state index contributed by atoms with van der Waals surface area (Å²) in [5, 5.41) is 8.83. The van der Waals surface area contributed by atoms with Gasteiger partial charge in [-0.05, 0) is 40.5 Å². The number of carbonyl (C=O) groups excluding carboxylic acids is 1. The van der Waals surface area contributed by atoms with Crippen molar-refractivity contribution < 1.29 is 27.4 Å². The van der Waals surface area contributed by atoms with E-state index >= 15 is 0 Å². The molecule has 0 aliphatic heterocycles. The predicted molar refractivity (Wildman–Crippen MR) is 65.9 cm³/mol. The smallest absolute Gasteiger partial charge is 0.466 e. The van der Waals surface area contributed by atoms with Gasteiger partial charge in [-0.15, -0.1) is 13.2 Å². The normalized spacial score (nSPS) is 10.8. The van der Waals surface area contributed by atoms with E-state index in [2.05, 4.69) is 20.7 Å². The van der Waals surface area contributed by atoms with E-state index in [0.717, 1.165) is 6.07 Å². The standard InChI is InChI=1S/C12H9BrF3NO3/c1-2-19-11(18)5-7-3-9(13)8(6-17)10(4-7)20-12(14,15)16/h3-4H,2,5H2,1H3. The summed E-state index contributed by atoms with van der Waals surface area (Å²) in [5.41, 5.74) is -0.0523. The molecule has 1 aromatic carbocycles. The third-order valence-corrected chi connectivity index (χ3v) is 2.73. The molecule has 0 atom stereocenters. The van der Waals surface area contributed by atoms with E-state index in [0.29, 0.717) is 0 Å². The Bertz CT molecular complexity index is 552. The zero-order valence-electron chi connectivity index (χ0n) is 10.3. The number of hydrogen-bond donors (Lipinski definition) is 0. The number of ether oxygens (including phenoxy) is 2. The fourth-order valence-electron chi connectivity index (χ4n) is 1.43. The molecule has 0 fully saturated rings. The summed E-state index contributed by atoms with van der Waals surface area (Å²) < 4.78 is 45.4. The third kappa shape index (κ3) is 4.74. The van der Waals surface area contributed by atoms with E-state index in [-0.39, 0.29) is 28.6 Å². The van der Waals surface area contributed by atoms with Gasteiger partial charge in [-0.2, -0.15) is 5.26 Å². The quantitative estimate of drug-likeness (QED) is 0.780. The fraction of sp³-hybridized carbons (Fsp3) is 0.333. The van der Waals surface area contributed by atoms with E-state index in [1.165, 1.54) is 6.07 Å². The lowest BCUT2D eigenvalue weighted by atomic mass is 10.1. The molecule has 0 amide bonds. The van der Waals surface area contributed by atoms with Crippen LogP contribution in [0.25, 0.3) is 0 Å². The predicted octanol–water partition coefficient (Wildman–Crippen LogP) is 3.32. The largest absolute Gasteiger partial charge is 0.573 e. The summed E-state index contributed by atoms with van der Waals surface area (Å²) in [5.74, 6) is -1.24. The van der Waals surface area contributed by atoms with Crippen molar-refractivity contribution >= 4 is 21.9 Å². The van der Waals surface area contributed by atoms with E-state index in [1.54, 1.807) is 13.0 Å². The van der Waals surface area contributed by atoms with Crippen LogP contribution in [0.4, 0.5) is 13.2 Å². The molecule has 4 nitrogen and oxygen atoms in total. The summed E-state index contributed by atoms with van der Waals surface area (Å²) in [7, 11) is 0. The maximum atomic E-state index is 12.3. The molecule has 20 heavy (non-hydrogen) atoms. The molecule has 0 spiro atoms. The third-order valence-electron chi connectivity index (χ3n) is 2.11. The Morgan fingerprint density at radius 1 is 1.45 bits per heavy atom. The van der Waals surface area contributed by atoms with E-state index in [4.69, 9.17) is 10.00 Å². The molecule has 0 saturated carbocycles. The van der Waals surface area contributed by atoms with Gasteiger partial charge in [-0.3, -0.25) is 4.79 Å². The van der Waals surface area contributed by atoms with E-state index < -0.39 is 18.1 Å². The number of benzene rings is 1. The summed E-state index contributed by atoms with van der Waals surface area (Å²) in [6, 6.07) is 3.97. The molecule has 0 aliphatic rings. The molecule has 0 radical (unpaired) electrons. The highest BCUT2D eigenvalue weighted by Crippen LogP contribution is 2.32. The molecule has 0 unspecified atom stereocenters. The van der Waals surface area contributed by atoms with Crippen molar-refractivity contribution in [3.8, 4) is 11.8 Å². The second-order valence-corrected chi connectivity index (χ2v) is 4.45. The molecule has 8 heteroatoms. The Hall–Kier alpha value is -1.75. The number of esters is 1. The average Bonchev–Trinajstić information content (AvgIpc) is 2.26. The minimum atomic E-state index is -4.92. The number of halogens is 4. The van der Waals surface area contributed by atoms with Crippen LogP contribution < -0.4 is 4.74 Å². The second kappa shape index (κ2) is 6.61. The molecule has 0 saturated heterocycles. The lowest BCUT2D eigenvalue weighted by Crippen LogP contribution is -2.18. The van der Waals surface area contributed by atoms with Crippen LogP contribution >= 0.6 is 15.9 Å².